The second-order valence-electron chi connectivity index (χ2n) is 4.05. The molecule has 0 atom stereocenters. The smallest absolute Gasteiger partial charge is 0.280 e. The number of amides is 1. The standard InChI is InChI=1S/C13H14N4O2/c1-9-12(8-14-15-10(2)18)13(19)17(16-9)11-6-4-3-5-7-11/h3-8,16H,1-2H3,(H,15,18)/b14-8+. The molecule has 6 heteroatoms. The van der Waals surface area contributed by atoms with E-state index in [1.807, 2.05) is 30.3 Å². The molecule has 1 aromatic heterocycles. The lowest BCUT2D eigenvalue weighted by molar-refractivity contribution is -0.118. The summed E-state index contributed by atoms with van der Waals surface area (Å²) in [5.74, 6) is -0.284. The van der Waals surface area contributed by atoms with Gasteiger partial charge in [-0.25, -0.2) is 10.1 Å². The highest BCUT2D eigenvalue weighted by molar-refractivity contribution is 5.82. The van der Waals surface area contributed by atoms with Crippen LogP contribution in [0, 0.1) is 6.92 Å². The van der Waals surface area contributed by atoms with Crippen molar-refractivity contribution in [3.05, 3.63) is 51.9 Å². The van der Waals surface area contributed by atoms with Gasteiger partial charge in [-0.2, -0.15) is 5.10 Å². The van der Waals surface area contributed by atoms with E-state index < -0.39 is 0 Å². The van der Waals surface area contributed by atoms with Crippen LogP contribution in [-0.4, -0.2) is 21.9 Å². The number of aromatic nitrogens is 2. The number of rotatable bonds is 3. The fourth-order valence-electron chi connectivity index (χ4n) is 1.66. The molecule has 0 unspecified atom stereocenters. The molecule has 6 nitrogen and oxygen atoms in total. The number of aryl methyl sites for hydroxylation is 1. The number of nitrogens with zero attached hydrogens (tertiary/aromatic N) is 2. The maximum Gasteiger partial charge on any atom is 0.280 e. The van der Waals surface area contributed by atoms with Gasteiger partial charge < -0.3 is 0 Å². The number of hydrazone groups is 1. The van der Waals surface area contributed by atoms with Gasteiger partial charge in [-0.1, -0.05) is 18.2 Å². The molecule has 0 saturated carbocycles. The van der Waals surface area contributed by atoms with Crippen molar-refractivity contribution in [2.75, 3.05) is 0 Å². The van der Waals surface area contributed by atoms with Crippen LogP contribution in [0.1, 0.15) is 18.2 Å². The number of aromatic amines is 1. The number of nitrogens with one attached hydrogen (secondary N) is 2. The number of hydrogen-bond acceptors (Lipinski definition) is 3. The minimum atomic E-state index is -0.284. The maximum absolute atomic E-state index is 12.2. The Morgan fingerprint density at radius 2 is 2.05 bits per heavy atom. The maximum atomic E-state index is 12.2. The van der Waals surface area contributed by atoms with E-state index >= 15 is 0 Å². The van der Waals surface area contributed by atoms with E-state index in [0.717, 1.165) is 5.69 Å². The van der Waals surface area contributed by atoms with Crippen LogP contribution in [0.25, 0.3) is 5.69 Å². The summed E-state index contributed by atoms with van der Waals surface area (Å²) < 4.78 is 1.43. The molecule has 0 spiro atoms. The normalized spacial score (nSPS) is 10.8. The van der Waals surface area contributed by atoms with E-state index in [0.29, 0.717) is 11.3 Å². The Kier molecular flexibility index (Phi) is 3.61. The lowest BCUT2D eigenvalue weighted by Gasteiger charge is -1.99. The van der Waals surface area contributed by atoms with Crippen LogP contribution in [0.5, 0.6) is 0 Å². The van der Waals surface area contributed by atoms with Gasteiger partial charge in [-0.05, 0) is 19.1 Å². The molecule has 2 N–H and O–H groups in total. The molecule has 0 aliphatic carbocycles. The first-order valence-corrected chi connectivity index (χ1v) is 5.76. The van der Waals surface area contributed by atoms with Crippen molar-refractivity contribution >= 4 is 12.1 Å². The summed E-state index contributed by atoms with van der Waals surface area (Å²) in [4.78, 5) is 22.9. The summed E-state index contributed by atoms with van der Waals surface area (Å²) >= 11 is 0. The van der Waals surface area contributed by atoms with E-state index in [-0.39, 0.29) is 11.5 Å². The number of para-hydroxylation sites is 1. The predicted molar refractivity (Wildman–Crippen MR) is 72.5 cm³/mol. The van der Waals surface area contributed by atoms with E-state index in [4.69, 9.17) is 0 Å². The molecule has 0 fully saturated rings. The zero-order valence-electron chi connectivity index (χ0n) is 10.7. The first-order valence-electron chi connectivity index (χ1n) is 5.76. The van der Waals surface area contributed by atoms with Crippen LogP contribution < -0.4 is 11.0 Å². The molecule has 0 aliphatic rings. The second-order valence-corrected chi connectivity index (χ2v) is 4.05. The number of benzene rings is 1. The Bertz CT molecular complexity index is 668. The zero-order chi connectivity index (χ0) is 13.8. The summed E-state index contributed by atoms with van der Waals surface area (Å²) in [7, 11) is 0. The molecule has 0 saturated heterocycles. The van der Waals surface area contributed by atoms with Gasteiger partial charge in [-0.3, -0.25) is 14.7 Å². The molecule has 0 radical (unpaired) electrons. The van der Waals surface area contributed by atoms with E-state index in [2.05, 4.69) is 15.6 Å². The van der Waals surface area contributed by atoms with Gasteiger partial charge in [0.15, 0.2) is 0 Å². The van der Waals surface area contributed by atoms with Gasteiger partial charge in [-0.15, -0.1) is 0 Å². The summed E-state index contributed by atoms with van der Waals surface area (Å²) in [6, 6.07) is 9.23. The van der Waals surface area contributed by atoms with Crippen LogP contribution in [0.4, 0.5) is 0 Å². The fourth-order valence-corrected chi connectivity index (χ4v) is 1.66. The molecule has 19 heavy (non-hydrogen) atoms. The Hall–Kier alpha value is -2.63. The van der Waals surface area contributed by atoms with E-state index in [1.54, 1.807) is 6.92 Å². The highest BCUT2D eigenvalue weighted by atomic mass is 16.2. The average molecular weight is 258 g/mol. The van der Waals surface area contributed by atoms with Crippen molar-refractivity contribution in [1.29, 1.82) is 0 Å². The summed E-state index contributed by atoms with van der Waals surface area (Å²) in [6.07, 6.45) is 1.34. The van der Waals surface area contributed by atoms with Crippen LogP contribution >= 0.6 is 0 Å². The van der Waals surface area contributed by atoms with Crippen molar-refractivity contribution < 1.29 is 4.79 Å². The molecule has 1 heterocycles. The van der Waals surface area contributed by atoms with Crippen LogP contribution in [0.3, 0.4) is 0 Å². The third-order valence-electron chi connectivity index (χ3n) is 2.55. The van der Waals surface area contributed by atoms with Crippen molar-refractivity contribution in [2.45, 2.75) is 13.8 Å². The van der Waals surface area contributed by atoms with Crippen molar-refractivity contribution in [1.82, 2.24) is 15.2 Å². The van der Waals surface area contributed by atoms with Gasteiger partial charge in [0, 0.05) is 12.6 Å². The monoisotopic (exact) mass is 258 g/mol. The van der Waals surface area contributed by atoms with E-state index in [9.17, 15) is 9.59 Å². The molecule has 1 aromatic carbocycles. The first-order chi connectivity index (χ1) is 9.09. The Labute approximate surface area is 109 Å². The first kappa shape index (κ1) is 12.8. The molecular formula is C13H14N4O2. The van der Waals surface area contributed by atoms with Gasteiger partial charge in [0.1, 0.15) is 0 Å². The zero-order valence-corrected chi connectivity index (χ0v) is 10.7. The highest BCUT2D eigenvalue weighted by Crippen LogP contribution is 2.05. The third kappa shape index (κ3) is 2.79. The van der Waals surface area contributed by atoms with Crippen molar-refractivity contribution in [3.63, 3.8) is 0 Å². The number of H-pyrrole nitrogens is 1. The largest absolute Gasteiger partial charge is 0.295 e. The number of hydrogen-bond donors (Lipinski definition) is 2. The van der Waals surface area contributed by atoms with Gasteiger partial charge >= 0.3 is 0 Å². The molecule has 1 amide bonds. The Morgan fingerprint density at radius 1 is 1.37 bits per heavy atom. The molecule has 0 bridgehead atoms. The van der Waals surface area contributed by atoms with E-state index in [1.165, 1.54) is 17.8 Å². The Morgan fingerprint density at radius 3 is 2.68 bits per heavy atom. The Balaban J connectivity index is 2.38. The van der Waals surface area contributed by atoms with Crippen molar-refractivity contribution in [3.8, 4) is 5.69 Å². The third-order valence-corrected chi connectivity index (χ3v) is 2.55. The van der Waals surface area contributed by atoms with Crippen LogP contribution in [-0.2, 0) is 4.79 Å². The van der Waals surface area contributed by atoms with Gasteiger partial charge in [0.2, 0.25) is 5.91 Å². The minimum absolute atomic E-state index is 0.210. The van der Waals surface area contributed by atoms with Crippen LogP contribution in [0.15, 0.2) is 40.2 Å². The summed E-state index contributed by atoms with van der Waals surface area (Å²) in [6.45, 7) is 3.12. The summed E-state index contributed by atoms with van der Waals surface area (Å²) in [5.41, 5.74) is 3.90. The number of carbonyl (C=O) groups is 1. The molecule has 0 aliphatic heterocycles. The second kappa shape index (κ2) is 5.34. The van der Waals surface area contributed by atoms with Gasteiger partial charge in [0.05, 0.1) is 17.5 Å². The summed E-state index contributed by atoms with van der Waals surface area (Å²) in [5, 5.41) is 6.68. The van der Waals surface area contributed by atoms with Crippen molar-refractivity contribution in [2.24, 2.45) is 5.10 Å². The molecular weight excluding hydrogens is 244 g/mol. The van der Waals surface area contributed by atoms with Gasteiger partial charge in [0.25, 0.3) is 5.56 Å². The average Bonchev–Trinajstić information content (AvgIpc) is 2.67. The fraction of sp³-hybridized carbons (Fsp3) is 0.154. The lowest BCUT2D eigenvalue weighted by Crippen LogP contribution is -2.18. The number of carbonyl (C=O) groups excluding carboxylic acids is 1. The SMILES string of the molecule is CC(=O)N/N=C/c1c(C)[nH]n(-c2ccccc2)c1=O. The highest BCUT2D eigenvalue weighted by Gasteiger charge is 2.10. The quantitative estimate of drug-likeness (QED) is 0.635. The molecule has 98 valence electrons. The minimum Gasteiger partial charge on any atom is -0.295 e. The predicted octanol–water partition coefficient (Wildman–Crippen LogP) is 0.944. The molecule has 2 aromatic rings. The topological polar surface area (TPSA) is 79.2 Å². The molecule has 2 rings (SSSR count). The van der Waals surface area contributed by atoms with Crippen LogP contribution in [0.2, 0.25) is 0 Å². The lowest BCUT2D eigenvalue weighted by atomic mass is 10.3.